The van der Waals surface area contributed by atoms with Crippen LogP contribution in [0.2, 0.25) is 10.0 Å². The molecule has 4 nitrogen and oxygen atoms in total. The Hall–Kier alpha value is -2.04. The molecule has 0 saturated heterocycles. The van der Waals surface area contributed by atoms with E-state index in [1.807, 2.05) is 50.2 Å². The van der Waals surface area contributed by atoms with Crippen LogP contribution in [0.5, 0.6) is 0 Å². The summed E-state index contributed by atoms with van der Waals surface area (Å²) in [6.07, 6.45) is 0.945. The molecule has 0 unspecified atom stereocenters. The minimum atomic E-state index is -0.597. The van der Waals surface area contributed by atoms with Crippen LogP contribution in [0.4, 0.5) is 0 Å². The van der Waals surface area contributed by atoms with Crippen molar-refractivity contribution < 1.29 is 9.59 Å². The fourth-order valence-electron chi connectivity index (χ4n) is 2.86. The maximum absolute atomic E-state index is 13.0. The van der Waals surface area contributed by atoms with Crippen LogP contribution < -0.4 is 5.32 Å². The van der Waals surface area contributed by atoms with Crippen molar-refractivity contribution in [2.75, 3.05) is 0 Å². The van der Waals surface area contributed by atoms with Crippen molar-refractivity contribution in [3.05, 3.63) is 69.7 Å². The molecule has 2 amide bonds. The van der Waals surface area contributed by atoms with Crippen LogP contribution in [0.25, 0.3) is 0 Å². The van der Waals surface area contributed by atoms with Gasteiger partial charge in [-0.3, -0.25) is 9.59 Å². The molecule has 0 radical (unpaired) electrons. The maximum atomic E-state index is 13.0. The fraction of sp³-hybridized carbons (Fsp3) is 0.364. The second kappa shape index (κ2) is 10.5. The Morgan fingerprint density at radius 3 is 2.25 bits per heavy atom. The van der Waals surface area contributed by atoms with Gasteiger partial charge < -0.3 is 10.2 Å². The van der Waals surface area contributed by atoms with E-state index in [0.717, 1.165) is 11.1 Å². The first-order valence-electron chi connectivity index (χ1n) is 9.35. The summed E-state index contributed by atoms with van der Waals surface area (Å²) in [5.41, 5.74) is 1.91. The van der Waals surface area contributed by atoms with E-state index in [1.165, 1.54) is 0 Å². The lowest BCUT2D eigenvalue weighted by Crippen LogP contribution is -2.49. The number of nitrogens with zero attached hydrogens (tertiary/aromatic N) is 1. The third-order valence-electron chi connectivity index (χ3n) is 4.41. The number of amides is 2. The van der Waals surface area contributed by atoms with Crippen molar-refractivity contribution in [3.63, 3.8) is 0 Å². The zero-order valence-electron chi connectivity index (χ0n) is 16.4. The highest BCUT2D eigenvalue weighted by Gasteiger charge is 2.26. The van der Waals surface area contributed by atoms with Gasteiger partial charge in [0, 0.05) is 19.0 Å². The van der Waals surface area contributed by atoms with Crippen LogP contribution >= 0.6 is 23.2 Å². The van der Waals surface area contributed by atoms with Gasteiger partial charge in [0.1, 0.15) is 6.04 Å². The molecule has 0 aliphatic rings. The third kappa shape index (κ3) is 6.54. The molecule has 1 N–H and O–H groups in total. The first-order valence-corrected chi connectivity index (χ1v) is 10.1. The average molecular weight is 421 g/mol. The predicted octanol–water partition coefficient (Wildman–Crippen LogP) is 4.87. The molecule has 0 aliphatic heterocycles. The zero-order chi connectivity index (χ0) is 20.7. The largest absolute Gasteiger partial charge is 0.352 e. The lowest BCUT2D eigenvalue weighted by molar-refractivity contribution is -0.140. The average Bonchev–Trinajstić information content (AvgIpc) is 2.66. The number of rotatable bonds is 8. The molecule has 2 rings (SSSR count). The number of benzene rings is 2. The van der Waals surface area contributed by atoms with Gasteiger partial charge in [-0.25, -0.2) is 0 Å². The molecule has 0 aromatic heterocycles. The molecule has 6 heteroatoms. The lowest BCUT2D eigenvalue weighted by Gasteiger charge is -2.29. The van der Waals surface area contributed by atoms with Crippen LogP contribution in [-0.4, -0.2) is 28.8 Å². The summed E-state index contributed by atoms with van der Waals surface area (Å²) in [6, 6.07) is 14.5. The highest BCUT2D eigenvalue weighted by molar-refractivity contribution is 6.42. The predicted molar refractivity (Wildman–Crippen MR) is 115 cm³/mol. The SMILES string of the molecule is CC(C)NC(=O)[C@@H](C)N(Cc1ccc(Cl)c(Cl)c1)C(=O)CCc1ccccc1. The van der Waals surface area contributed by atoms with Gasteiger partial charge in [0.2, 0.25) is 11.8 Å². The van der Waals surface area contributed by atoms with Gasteiger partial charge in [-0.1, -0.05) is 59.6 Å². The summed E-state index contributed by atoms with van der Waals surface area (Å²) in [4.78, 5) is 27.1. The molecule has 0 saturated carbocycles. The summed E-state index contributed by atoms with van der Waals surface area (Å²) < 4.78 is 0. The molecule has 2 aromatic carbocycles. The summed E-state index contributed by atoms with van der Waals surface area (Å²) in [7, 11) is 0. The Labute approximate surface area is 176 Å². The second-order valence-electron chi connectivity index (χ2n) is 7.09. The number of aryl methyl sites for hydroxylation is 1. The number of carbonyl (C=O) groups is 2. The number of halogens is 2. The molecule has 150 valence electrons. The first kappa shape index (κ1) is 22.3. The van der Waals surface area contributed by atoms with Crippen molar-refractivity contribution in [2.45, 2.75) is 52.2 Å². The highest BCUT2D eigenvalue weighted by Crippen LogP contribution is 2.24. The molecule has 1 atom stereocenters. The van der Waals surface area contributed by atoms with Crippen LogP contribution in [0.1, 0.15) is 38.3 Å². The minimum Gasteiger partial charge on any atom is -0.352 e. The van der Waals surface area contributed by atoms with E-state index in [2.05, 4.69) is 5.32 Å². The first-order chi connectivity index (χ1) is 13.3. The number of carbonyl (C=O) groups excluding carboxylic acids is 2. The Balaban J connectivity index is 2.17. The Bertz CT molecular complexity index is 809. The van der Waals surface area contributed by atoms with Crippen molar-refractivity contribution in [2.24, 2.45) is 0 Å². The number of hydrogen-bond donors (Lipinski definition) is 1. The molecule has 0 aliphatic carbocycles. The van der Waals surface area contributed by atoms with Gasteiger partial charge in [0.05, 0.1) is 10.0 Å². The van der Waals surface area contributed by atoms with E-state index < -0.39 is 6.04 Å². The molecular formula is C22H26Cl2N2O2. The Morgan fingerprint density at radius 2 is 1.64 bits per heavy atom. The van der Waals surface area contributed by atoms with Gasteiger partial charge in [0.15, 0.2) is 0 Å². The zero-order valence-corrected chi connectivity index (χ0v) is 17.9. The van der Waals surface area contributed by atoms with E-state index >= 15 is 0 Å². The van der Waals surface area contributed by atoms with Crippen molar-refractivity contribution in [3.8, 4) is 0 Å². The van der Waals surface area contributed by atoms with E-state index in [1.54, 1.807) is 24.0 Å². The van der Waals surface area contributed by atoms with Gasteiger partial charge in [-0.15, -0.1) is 0 Å². The topological polar surface area (TPSA) is 49.4 Å². The maximum Gasteiger partial charge on any atom is 0.242 e. The van der Waals surface area contributed by atoms with Gasteiger partial charge in [-0.2, -0.15) is 0 Å². The highest BCUT2D eigenvalue weighted by atomic mass is 35.5. The number of nitrogens with one attached hydrogen (secondary N) is 1. The Kier molecular flexibility index (Phi) is 8.34. The van der Waals surface area contributed by atoms with Crippen LogP contribution in [0.15, 0.2) is 48.5 Å². The summed E-state index contributed by atoms with van der Waals surface area (Å²) >= 11 is 12.1. The van der Waals surface area contributed by atoms with Crippen molar-refractivity contribution in [1.82, 2.24) is 10.2 Å². The third-order valence-corrected chi connectivity index (χ3v) is 5.14. The van der Waals surface area contributed by atoms with E-state index in [4.69, 9.17) is 23.2 Å². The van der Waals surface area contributed by atoms with Gasteiger partial charge in [-0.05, 0) is 50.5 Å². The van der Waals surface area contributed by atoms with Gasteiger partial charge in [0.25, 0.3) is 0 Å². The van der Waals surface area contributed by atoms with Crippen molar-refractivity contribution >= 4 is 35.0 Å². The Morgan fingerprint density at radius 1 is 0.964 bits per heavy atom. The fourth-order valence-corrected chi connectivity index (χ4v) is 3.18. The molecule has 0 fully saturated rings. The standard InChI is InChI=1S/C22H26Cl2N2O2/c1-15(2)25-22(28)16(3)26(14-18-9-11-19(23)20(24)13-18)21(27)12-10-17-7-5-4-6-8-17/h4-9,11,13,15-16H,10,12,14H2,1-3H3,(H,25,28)/t16-/m1/s1. The van der Waals surface area contributed by atoms with Gasteiger partial charge >= 0.3 is 0 Å². The molecule has 0 heterocycles. The smallest absolute Gasteiger partial charge is 0.242 e. The van der Waals surface area contributed by atoms with E-state index in [0.29, 0.717) is 22.9 Å². The second-order valence-corrected chi connectivity index (χ2v) is 7.91. The van der Waals surface area contributed by atoms with E-state index in [9.17, 15) is 9.59 Å². The molecule has 2 aromatic rings. The monoisotopic (exact) mass is 420 g/mol. The summed E-state index contributed by atoms with van der Waals surface area (Å²) in [6.45, 7) is 5.82. The van der Waals surface area contributed by atoms with Crippen LogP contribution in [-0.2, 0) is 22.6 Å². The summed E-state index contributed by atoms with van der Waals surface area (Å²) in [5.74, 6) is -0.260. The minimum absolute atomic E-state index is 0.00111. The number of hydrogen-bond acceptors (Lipinski definition) is 2. The lowest BCUT2D eigenvalue weighted by atomic mass is 10.1. The quantitative estimate of drug-likeness (QED) is 0.661. The molecule has 0 spiro atoms. The van der Waals surface area contributed by atoms with Crippen LogP contribution in [0.3, 0.4) is 0 Å². The van der Waals surface area contributed by atoms with Crippen LogP contribution in [0, 0.1) is 0 Å². The van der Waals surface area contributed by atoms with E-state index in [-0.39, 0.29) is 24.4 Å². The normalized spacial score (nSPS) is 11.9. The molecule has 28 heavy (non-hydrogen) atoms. The molecular weight excluding hydrogens is 395 g/mol. The van der Waals surface area contributed by atoms with Crippen molar-refractivity contribution in [1.29, 1.82) is 0 Å². The molecule has 0 bridgehead atoms. The summed E-state index contributed by atoms with van der Waals surface area (Å²) in [5, 5.41) is 3.76.